The van der Waals surface area contributed by atoms with Gasteiger partial charge in [0.2, 0.25) is 0 Å². The lowest BCUT2D eigenvalue weighted by Gasteiger charge is -2.07. The van der Waals surface area contributed by atoms with Gasteiger partial charge in [0.1, 0.15) is 21.7 Å². The fraction of sp³-hybridized carbons (Fsp3) is 0.154. The highest BCUT2D eigenvalue weighted by molar-refractivity contribution is 7.17. The second-order valence-electron chi connectivity index (χ2n) is 3.94. The van der Waals surface area contributed by atoms with Crippen molar-refractivity contribution in [2.75, 3.05) is 0 Å². The second kappa shape index (κ2) is 5.85. The first-order valence-electron chi connectivity index (χ1n) is 5.62. The number of nitrogens with zero attached hydrogens (tertiary/aromatic N) is 2. The third-order valence-electron chi connectivity index (χ3n) is 2.55. The Labute approximate surface area is 122 Å². The number of rotatable bonds is 4. The molecule has 0 aliphatic carbocycles. The minimum Gasteiger partial charge on any atom is -0.477 e. The van der Waals surface area contributed by atoms with E-state index in [9.17, 15) is 13.6 Å². The molecule has 1 aromatic carbocycles. The van der Waals surface area contributed by atoms with Gasteiger partial charge in [-0.05, 0) is 25.1 Å². The van der Waals surface area contributed by atoms with E-state index in [1.165, 1.54) is 18.2 Å². The van der Waals surface area contributed by atoms with E-state index in [-0.39, 0.29) is 16.2 Å². The van der Waals surface area contributed by atoms with Gasteiger partial charge in [-0.3, -0.25) is 0 Å². The summed E-state index contributed by atoms with van der Waals surface area (Å²) in [6.45, 7) is -1.47. The lowest BCUT2D eigenvalue weighted by molar-refractivity contribution is -0.0500. The molecule has 1 N–H and O–H groups in total. The zero-order valence-electron chi connectivity index (χ0n) is 10.6. The van der Waals surface area contributed by atoms with Crippen molar-refractivity contribution in [3.8, 4) is 22.4 Å². The molecule has 1 aromatic heterocycles. The Morgan fingerprint density at radius 2 is 2.24 bits per heavy atom. The van der Waals surface area contributed by atoms with Gasteiger partial charge in [-0.25, -0.2) is 9.78 Å². The number of hydrogen-bond donors (Lipinski definition) is 1. The fourth-order valence-electron chi connectivity index (χ4n) is 1.67. The van der Waals surface area contributed by atoms with Gasteiger partial charge < -0.3 is 9.84 Å². The van der Waals surface area contributed by atoms with Crippen molar-refractivity contribution >= 4 is 17.3 Å². The fourth-order valence-corrected chi connectivity index (χ4v) is 2.57. The standard InChI is InChI=1S/C13H8F2N2O3S/c1-6-10(12(18)19)21-11(17-6)7-2-3-9(20-13(14)15)8(4-7)5-16/h2-4,13H,1H3,(H,18,19). The Hall–Kier alpha value is -2.53. The molecule has 1 heterocycles. The molecule has 0 bridgehead atoms. The van der Waals surface area contributed by atoms with Crippen LogP contribution in [0, 0.1) is 18.3 Å². The van der Waals surface area contributed by atoms with Crippen LogP contribution in [0.25, 0.3) is 10.6 Å². The Morgan fingerprint density at radius 3 is 2.76 bits per heavy atom. The third kappa shape index (κ3) is 3.14. The number of ether oxygens (including phenoxy) is 1. The normalized spacial score (nSPS) is 10.4. The van der Waals surface area contributed by atoms with Gasteiger partial charge in [-0.15, -0.1) is 11.3 Å². The van der Waals surface area contributed by atoms with Crippen molar-refractivity contribution in [1.29, 1.82) is 5.26 Å². The summed E-state index contributed by atoms with van der Waals surface area (Å²) in [4.78, 5) is 15.2. The topological polar surface area (TPSA) is 83.2 Å². The van der Waals surface area contributed by atoms with Crippen molar-refractivity contribution in [2.24, 2.45) is 0 Å². The number of carboxylic acid groups (broad SMARTS) is 1. The molecule has 0 aliphatic rings. The summed E-state index contributed by atoms with van der Waals surface area (Å²) in [5.41, 5.74) is 0.750. The zero-order chi connectivity index (χ0) is 15.6. The molecule has 0 saturated heterocycles. The number of carbonyl (C=O) groups is 1. The van der Waals surface area contributed by atoms with Gasteiger partial charge in [-0.1, -0.05) is 0 Å². The first-order valence-corrected chi connectivity index (χ1v) is 6.44. The maximum atomic E-state index is 12.2. The number of carboxylic acids is 1. The Morgan fingerprint density at radius 1 is 1.52 bits per heavy atom. The Balaban J connectivity index is 2.44. The van der Waals surface area contributed by atoms with Gasteiger partial charge in [0, 0.05) is 5.56 Å². The molecule has 108 valence electrons. The van der Waals surface area contributed by atoms with Crippen LogP contribution in [-0.2, 0) is 0 Å². The highest BCUT2D eigenvalue weighted by atomic mass is 32.1. The molecule has 2 aromatic rings. The third-order valence-corrected chi connectivity index (χ3v) is 3.75. The molecule has 21 heavy (non-hydrogen) atoms. The predicted octanol–water partition coefficient (Wildman–Crippen LogP) is 3.29. The van der Waals surface area contributed by atoms with Crippen LogP contribution in [0.2, 0.25) is 0 Å². The van der Waals surface area contributed by atoms with Gasteiger partial charge >= 0.3 is 12.6 Å². The minimum atomic E-state index is -3.02. The number of halogens is 2. The maximum Gasteiger partial charge on any atom is 0.387 e. The number of aromatic nitrogens is 1. The lowest BCUT2D eigenvalue weighted by Crippen LogP contribution is -2.03. The largest absolute Gasteiger partial charge is 0.477 e. The second-order valence-corrected chi connectivity index (χ2v) is 4.94. The van der Waals surface area contributed by atoms with Crippen molar-refractivity contribution in [2.45, 2.75) is 13.5 Å². The SMILES string of the molecule is Cc1nc(-c2ccc(OC(F)F)c(C#N)c2)sc1C(=O)O. The molecule has 0 radical (unpaired) electrons. The highest BCUT2D eigenvalue weighted by Crippen LogP contribution is 2.31. The molecule has 5 nitrogen and oxygen atoms in total. The van der Waals surface area contributed by atoms with Gasteiger partial charge in [0.05, 0.1) is 11.3 Å². The molecule has 0 aliphatic heterocycles. The zero-order valence-corrected chi connectivity index (χ0v) is 11.4. The number of hydrogen-bond acceptors (Lipinski definition) is 5. The summed E-state index contributed by atoms with van der Waals surface area (Å²) in [7, 11) is 0. The summed E-state index contributed by atoms with van der Waals surface area (Å²) in [5.74, 6) is -1.32. The maximum absolute atomic E-state index is 12.2. The quantitative estimate of drug-likeness (QED) is 0.937. The number of aromatic carboxylic acids is 1. The molecule has 2 rings (SSSR count). The Kier molecular flexibility index (Phi) is 4.14. The number of nitriles is 1. The van der Waals surface area contributed by atoms with E-state index in [0.29, 0.717) is 16.3 Å². The van der Waals surface area contributed by atoms with Crippen molar-refractivity contribution in [3.63, 3.8) is 0 Å². The predicted molar refractivity (Wildman–Crippen MR) is 70.6 cm³/mol. The first kappa shape index (κ1) is 14.9. The van der Waals surface area contributed by atoms with Gasteiger partial charge in [-0.2, -0.15) is 14.0 Å². The lowest BCUT2D eigenvalue weighted by atomic mass is 10.1. The van der Waals surface area contributed by atoms with Crippen LogP contribution >= 0.6 is 11.3 Å². The van der Waals surface area contributed by atoms with E-state index in [2.05, 4.69) is 9.72 Å². The summed E-state index contributed by atoms with van der Waals surface area (Å²) in [6, 6.07) is 5.77. The molecule has 0 fully saturated rings. The van der Waals surface area contributed by atoms with Crippen molar-refractivity contribution < 1.29 is 23.4 Å². The molecule has 0 amide bonds. The molecule has 8 heteroatoms. The molecule has 0 atom stereocenters. The number of alkyl halides is 2. The van der Waals surface area contributed by atoms with Crippen LogP contribution < -0.4 is 4.74 Å². The molecule has 0 unspecified atom stereocenters. The highest BCUT2D eigenvalue weighted by Gasteiger charge is 2.17. The minimum absolute atomic E-state index is 0.0717. The van der Waals surface area contributed by atoms with E-state index < -0.39 is 12.6 Å². The molecule has 0 saturated carbocycles. The molecular formula is C13H8F2N2O3S. The Bertz CT molecular complexity index is 738. The number of benzene rings is 1. The van der Waals surface area contributed by atoms with Crippen LogP contribution in [0.4, 0.5) is 8.78 Å². The van der Waals surface area contributed by atoms with Gasteiger partial charge in [0.15, 0.2) is 0 Å². The van der Waals surface area contributed by atoms with E-state index in [0.717, 1.165) is 11.3 Å². The summed E-state index contributed by atoms with van der Waals surface area (Å²) in [5, 5.41) is 18.3. The van der Waals surface area contributed by atoms with E-state index >= 15 is 0 Å². The van der Waals surface area contributed by atoms with Crippen LogP contribution in [0.1, 0.15) is 20.9 Å². The average Bonchev–Trinajstić information content (AvgIpc) is 2.81. The average molecular weight is 310 g/mol. The summed E-state index contributed by atoms with van der Waals surface area (Å²) in [6.07, 6.45) is 0. The summed E-state index contributed by atoms with van der Waals surface area (Å²) >= 11 is 0.951. The number of thiazole rings is 1. The summed E-state index contributed by atoms with van der Waals surface area (Å²) < 4.78 is 28.6. The first-order chi connectivity index (χ1) is 9.92. The van der Waals surface area contributed by atoms with E-state index in [4.69, 9.17) is 10.4 Å². The molecular weight excluding hydrogens is 302 g/mol. The monoisotopic (exact) mass is 310 g/mol. The van der Waals surface area contributed by atoms with Gasteiger partial charge in [0.25, 0.3) is 0 Å². The van der Waals surface area contributed by atoms with E-state index in [1.807, 2.05) is 0 Å². The van der Waals surface area contributed by atoms with E-state index in [1.54, 1.807) is 13.0 Å². The van der Waals surface area contributed by atoms with Crippen LogP contribution in [0.5, 0.6) is 5.75 Å². The van der Waals surface area contributed by atoms with Crippen LogP contribution in [0.3, 0.4) is 0 Å². The van der Waals surface area contributed by atoms with Crippen molar-refractivity contribution in [1.82, 2.24) is 4.98 Å². The molecule has 0 spiro atoms. The number of aryl methyl sites for hydroxylation is 1. The van der Waals surface area contributed by atoms with Crippen LogP contribution in [-0.4, -0.2) is 22.7 Å². The smallest absolute Gasteiger partial charge is 0.387 e. The van der Waals surface area contributed by atoms with Crippen molar-refractivity contribution in [3.05, 3.63) is 34.3 Å². The van der Waals surface area contributed by atoms with Crippen LogP contribution in [0.15, 0.2) is 18.2 Å².